The number of hydrogen-bond acceptors (Lipinski definition) is 4. The summed E-state index contributed by atoms with van der Waals surface area (Å²) >= 11 is 0. The summed E-state index contributed by atoms with van der Waals surface area (Å²) in [4.78, 5) is 4.08. The van der Waals surface area contributed by atoms with Crippen LogP contribution in [0.5, 0.6) is 5.75 Å². The molecule has 6 heteroatoms. The molecule has 0 spiro atoms. The first kappa shape index (κ1) is 13.5. The third-order valence-electron chi connectivity index (χ3n) is 2.80. The van der Waals surface area contributed by atoms with Crippen LogP contribution in [0.4, 0.5) is 14.6 Å². The molecule has 0 saturated carbocycles. The molecule has 0 aliphatic carbocycles. The van der Waals surface area contributed by atoms with E-state index in [2.05, 4.69) is 10.3 Å². The number of methoxy groups -OCH3 is 1. The predicted molar refractivity (Wildman–Crippen MR) is 70.8 cm³/mol. The van der Waals surface area contributed by atoms with E-state index in [-0.39, 0.29) is 0 Å². The number of nitrogens with one attached hydrogen (secondary N) is 1. The molecule has 19 heavy (non-hydrogen) atoms. The van der Waals surface area contributed by atoms with E-state index in [1.54, 1.807) is 37.6 Å². The Labute approximate surface area is 109 Å². The van der Waals surface area contributed by atoms with Crippen molar-refractivity contribution in [1.82, 2.24) is 4.98 Å². The highest BCUT2D eigenvalue weighted by Gasteiger charge is 2.26. The molecule has 0 aliphatic rings. The quantitative estimate of drug-likeness (QED) is 0.872. The summed E-state index contributed by atoms with van der Waals surface area (Å²) in [6.07, 6.45) is 1.55. The minimum atomic E-state index is -2.96. The third-order valence-corrected chi connectivity index (χ3v) is 2.80. The summed E-state index contributed by atoms with van der Waals surface area (Å²) in [5.41, 5.74) is 5.00. The standard InChI is InChI=1S/C13H15F2N3O/c1-19-11-4-2-3-10-9(11)5-6-17-12(10)18-8-13(14,15)7-16/h2-6H,7-8,16H2,1H3,(H,17,18). The summed E-state index contributed by atoms with van der Waals surface area (Å²) in [6.45, 7) is -1.25. The van der Waals surface area contributed by atoms with Gasteiger partial charge in [0.15, 0.2) is 0 Å². The van der Waals surface area contributed by atoms with Crippen molar-refractivity contribution in [2.75, 3.05) is 25.5 Å². The molecule has 4 nitrogen and oxygen atoms in total. The highest BCUT2D eigenvalue weighted by molar-refractivity contribution is 5.95. The molecule has 0 unspecified atom stereocenters. The number of aromatic nitrogens is 1. The van der Waals surface area contributed by atoms with Gasteiger partial charge in [-0.05, 0) is 12.1 Å². The topological polar surface area (TPSA) is 60.2 Å². The number of alkyl halides is 2. The molecule has 2 rings (SSSR count). The Hall–Kier alpha value is -1.95. The Morgan fingerprint density at radius 3 is 2.79 bits per heavy atom. The monoisotopic (exact) mass is 267 g/mol. The maximum absolute atomic E-state index is 13.1. The summed E-state index contributed by atoms with van der Waals surface area (Å²) in [7, 11) is 1.56. The number of ether oxygens (including phenoxy) is 1. The molecular weight excluding hydrogens is 252 g/mol. The van der Waals surface area contributed by atoms with E-state index >= 15 is 0 Å². The van der Waals surface area contributed by atoms with Gasteiger partial charge >= 0.3 is 0 Å². The maximum Gasteiger partial charge on any atom is 0.276 e. The average Bonchev–Trinajstić information content (AvgIpc) is 2.44. The molecule has 0 aliphatic heterocycles. The van der Waals surface area contributed by atoms with Crippen LogP contribution < -0.4 is 15.8 Å². The van der Waals surface area contributed by atoms with Crippen LogP contribution in [0.3, 0.4) is 0 Å². The zero-order chi connectivity index (χ0) is 13.9. The van der Waals surface area contributed by atoms with Gasteiger partial charge in [0, 0.05) is 17.0 Å². The largest absolute Gasteiger partial charge is 0.496 e. The molecule has 0 atom stereocenters. The Morgan fingerprint density at radius 1 is 1.32 bits per heavy atom. The SMILES string of the molecule is COc1cccc2c(NCC(F)(F)CN)nccc12. The van der Waals surface area contributed by atoms with Crippen molar-refractivity contribution in [3.63, 3.8) is 0 Å². The molecule has 2 aromatic rings. The first-order valence-corrected chi connectivity index (χ1v) is 5.81. The number of anilines is 1. The van der Waals surface area contributed by atoms with Crippen molar-refractivity contribution in [1.29, 1.82) is 0 Å². The minimum Gasteiger partial charge on any atom is -0.496 e. The highest BCUT2D eigenvalue weighted by atomic mass is 19.3. The summed E-state index contributed by atoms with van der Waals surface area (Å²) in [6, 6.07) is 7.17. The molecule has 0 saturated heterocycles. The van der Waals surface area contributed by atoms with E-state index in [0.29, 0.717) is 11.6 Å². The number of benzene rings is 1. The first-order chi connectivity index (χ1) is 9.07. The molecule has 102 valence electrons. The van der Waals surface area contributed by atoms with Crippen molar-refractivity contribution < 1.29 is 13.5 Å². The lowest BCUT2D eigenvalue weighted by atomic mass is 10.1. The smallest absolute Gasteiger partial charge is 0.276 e. The van der Waals surface area contributed by atoms with Gasteiger partial charge < -0.3 is 15.8 Å². The molecule has 0 fully saturated rings. The first-order valence-electron chi connectivity index (χ1n) is 5.81. The summed E-state index contributed by atoms with van der Waals surface area (Å²) in [5.74, 6) is -1.89. The lowest BCUT2D eigenvalue weighted by Crippen LogP contribution is -2.35. The fourth-order valence-corrected chi connectivity index (χ4v) is 1.78. The van der Waals surface area contributed by atoms with Gasteiger partial charge in [0.25, 0.3) is 5.92 Å². The van der Waals surface area contributed by atoms with Crippen LogP contribution in [0.25, 0.3) is 10.8 Å². The fourth-order valence-electron chi connectivity index (χ4n) is 1.78. The molecule has 0 bridgehead atoms. The van der Waals surface area contributed by atoms with Crippen LogP contribution in [-0.2, 0) is 0 Å². The van der Waals surface area contributed by atoms with Gasteiger partial charge in [-0.1, -0.05) is 12.1 Å². The molecular formula is C13H15F2N3O. The second-order valence-electron chi connectivity index (χ2n) is 4.13. The lowest BCUT2D eigenvalue weighted by molar-refractivity contribution is 0.0253. The summed E-state index contributed by atoms with van der Waals surface area (Å²) in [5, 5.41) is 4.18. The van der Waals surface area contributed by atoms with Crippen LogP contribution in [0.2, 0.25) is 0 Å². The average molecular weight is 267 g/mol. The predicted octanol–water partition coefficient (Wildman–Crippen LogP) is 2.25. The maximum atomic E-state index is 13.1. The molecule has 3 N–H and O–H groups in total. The van der Waals surface area contributed by atoms with Crippen molar-refractivity contribution in [3.8, 4) is 5.75 Å². The normalized spacial score (nSPS) is 11.6. The molecule has 1 heterocycles. The van der Waals surface area contributed by atoms with Crippen molar-refractivity contribution >= 4 is 16.6 Å². The van der Waals surface area contributed by atoms with Gasteiger partial charge in [0.2, 0.25) is 0 Å². The Bertz CT molecular complexity index is 575. The van der Waals surface area contributed by atoms with E-state index in [1.807, 2.05) is 0 Å². The van der Waals surface area contributed by atoms with Crippen LogP contribution in [0.1, 0.15) is 0 Å². The summed E-state index contributed by atoms with van der Waals surface area (Å²) < 4.78 is 31.5. The van der Waals surface area contributed by atoms with Gasteiger partial charge in [0.05, 0.1) is 20.2 Å². The van der Waals surface area contributed by atoms with Crippen LogP contribution in [0, 0.1) is 0 Å². The number of hydrogen-bond donors (Lipinski definition) is 2. The number of halogens is 2. The highest BCUT2D eigenvalue weighted by Crippen LogP contribution is 2.29. The number of fused-ring (bicyclic) bond motifs is 1. The minimum absolute atomic E-state index is 0.393. The molecule has 1 aromatic heterocycles. The van der Waals surface area contributed by atoms with Crippen molar-refractivity contribution in [2.24, 2.45) is 5.73 Å². The van der Waals surface area contributed by atoms with E-state index in [1.165, 1.54) is 0 Å². The van der Waals surface area contributed by atoms with E-state index in [4.69, 9.17) is 10.5 Å². The van der Waals surface area contributed by atoms with E-state index in [0.717, 1.165) is 10.8 Å². The van der Waals surface area contributed by atoms with E-state index < -0.39 is 19.0 Å². The Morgan fingerprint density at radius 2 is 2.11 bits per heavy atom. The second kappa shape index (κ2) is 5.36. The third kappa shape index (κ3) is 2.90. The lowest BCUT2D eigenvalue weighted by Gasteiger charge is -2.16. The second-order valence-corrected chi connectivity index (χ2v) is 4.13. The van der Waals surface area contributed by atoms with Crippen LogP contribution in [0.15, 0.2) is 30.5 Å². The van der Waals surface area contributed by atoms with Crippen molar-refractivity contribution in [3.05, 3.63) is 30.5 Å². The number of pyridine rings is 1. The molecule has 0 amide bonds. The van der Waals surface area contributed by atoms with E-state index in [9.17, 15) is 8.78 Å². The van der Waals surface area contributed by atoms with Gasteiger partial charge in [-0.25, -0.2) is 13.8 Å². The molecule has 1 aromatic carbocycles. The van der Waals surface area contributed by atoms with Crippen LogP contribution >= 0.6 is 0 Å². The number of nitrogens with zero attached hydrogens (tertiary/aromatic N) is 1. The fraction of sp³-hybridized carbons (Fsp3) is 0.308. The van der Waals surface area contributed by atoms with Crippen LogP contribution in [-0.4, -0.2) is 31.1 Å². The number of nitrogens with two attached hydrogens (primary N) is 1. The van der Waals surface area contributed by atoms with Gasteiger partial charge in [-0.15, -0.1) is 0 Å². The van der Waals surface area contributed by atoms with Gasteiger partial charge in [0.1, 0.15) is 11.6 Å². The molecule has 0 radical (unpaired) electrons. The Kier molecular flexibility index (Phi) is 3.80. The zero-order valence-electron chi connectivity index (χ0n) is 10.5. The van der Waals surface area contributed by atoms with Gasteiger partial charge in [-0.3, -0.25) is 0 Å². The Balaban J connectivity index is 2.34. The zero-order valence-corrected chi connectivity index (χ0v) is 10.5. The van der Waals surface area contributed by atoms with Gasteiger partial charge in [-0.2, -0.15) is 0 Å². The van der Waals surface area contributed by atoms with Crippen molar-refractivity contribution in [2.45, 2.75) is 5.92 Å². The number of rotatable bonds is 5.